The fourth-order valence-corrected chi connectivity index (χ4v) is 6.18. The zero-order valence-corrected chi connectivity index (χ0v) is 24.7. The number of rotatable bonds is 15. The summed E-state index contributed by atoms with van der Waals surface area (Å²) >= 11 is 0. The molecule has 10 nitrogen and oxygen atoms in total. The van der Waals surface area contributed by atoms with Gasteiger partial charge < -0.3 is 24.8 Å². The number of aryl methyl sites for hydroxylation is 1. The second kappa shape index (κ2) is 14.5. The van der Waals surface area contributed by atoms with Crippen molar-refractivity contribution in [3.63, 3.8) is 0 Å². The van der Waals surface area contributed by atoms with Crippen LogP contribution in [0.1, 0.15) is 63.9 Å². The third-order valence-electron chi connectivity index (χ3n) is 7.90. The number of aromatic nitrogens is 2. The van der Waals surface area contributed by atoms with E-state index < -0.39 is 16.1 Å². The predicted octanol–water partition coefficient (Wildman–Crippen LogP) is 3.06. The summed E-state index contributed by atoms with van der Waals surface area (Å²) < 4.78 is 38.2. The zero-order valence-electron chi connectivity index (χ0n) is 23.8. The topological polar surface area (TPSA) is 126 Å². The number of hydrogen-bond donors (Lipinski definition) is 3. The van der Waals surface area contributed by atoms with Crippen molar-refractivity contribution in [3.05, 3.63) is 42.2 Å². The monoisotopic (exact) mass is 575 g/mol. The summed E-state index contributed by atoms with van der Waals surface area (Å²) in [6.45, 7) is 5.00. The highest BCUT2D eigenvalue weighted by Crippen LogP contribution is 2.36. The Hall–Kier alpha value is -2.31. The van der Waals surface area contributed by atoms with Crippen LogP contribution < -0.4 is 19.7 Å². The lowest BCUT2D eigenvalue weighted by Gasteiger charge is -2.38. The first kappa shape index (κ1) is 30.6. The van der Waals surface area contributed by atoms with Gasteiger partial charge in [-0.2, -0.15) is 0 Å². The van der Waals surface area contributed by atoms with Crippen LogP contribution >= 0.6 is 0 Å². The molecule has 2 saturated heterocycles. The number of nitrogens with one attached hydrogen (secondary N) is 2. The first-order chi connectivity index (χ1) is 19.3. The molecule has 2 fully saturated rings. The maximum Gasteiger partial charge on any atom is 0.240 e. The van der Waals surface area contributed by atoms with Crippen molar-refractivity contribution in [2.24, 2.45) is 0 Å². The van der Waals surface area contributed by atoms with E-state index in [1.165, 1.54) is 56.8 Å². The molecule has 0 aliphatic carbocycles. The molecular weight excluding hydrogens is 530 g/mol. The van der Waals surface area contributed by atoms with Gasteiger partial charge >= 0.3 is 0 Å². The van der Waals surface area contributed by atoms with Gasteiger partial charge in [-0.3, -0.25) is 0 Å². The van der Waals surface area contributed by atoms with E-state index in [1.807, 2.05) is 12.4 Å². The van der Waals surface area contributed by atoms with E-state index in [9.17, 15) is 13.5 Å². The number of hydrogen-bond acceptors (Lipinski definition) is 9. The van der Waals surface area contributed by atoms with E-state index in [1.54, 1.807) is 12.1 Å². The average Bonchev–Trinajstić information content (AvgIpc) is 3.38. The molecule has 1 aromatic carbocycles. The summed E-state index contributed by atoms with van der Waals surface area (Å²) in [4.78, 5) is 11.7. The first-order valence-corrected chi connectivity index (χ1v) is 16.1. The van der Waals surface area contributed by atoms with E-state index in [0.717, 1.165) is 44.7 Å². The van der Waals surface area contributed by atoms with Gasteiger partial charge in [-0.05, 0) is 56.8 Å². The highest BCUT2D eigenvalue weighted by molar-refractivity contribution is 7.89. The lowest BCUT2D eigenvalue weighted by molar-refractivity contribution is -0.0152. The summed E-state index contributed by atoms with van der Waals surface area (Å²) in [5, 5.41) is 13.8. The van der Waals surface area contributed by atoms with Gasteiger partial charge in [-0.15, -0.1) is 0 Å². The van der Waals surface area contributed by atoms with Gasteiger partial charge in [0, 0.05) is 44.1 Å². The second-order valence-corrected chi connectivity index (χ2v) is 12.9. The largest absolute Gasteiger partial charge is 0.491 e. The van der Waals surface area contributed by atoms with Crippen LogP contribution in [-0.4, -0.2) is 81.1 Å². The SMILES string of the molecule is CCCCCCCc1cnc(N2CCC3(CC2)C[C@@H](NC[C@H](O)COc2cccc(S(=O)(=O)NC)c2)CO3)nc1. The molecule has 0 saturated carbocycles. The summed E-state index contributed by atoms with van der Waals surface area (Å²) in [5.74, 6) is 1.20. The molecule has 2 aliphatic heterocycles. The third kappa shape index (κ3) is 8.59. The standard InChI is InChI=1S/C29H45N5O5S/c1-3-4-5-6-7-9-23-18-32-28(33-19-23)34-14-12-29(13-15-34)17-24(21-39-29)31-20-25(35)22-38-26-10-8-11-27(16-26)40(36,37)30-2/h8,10-11,16,18-19,24-25,30-31,35H,3-7,9,12-15,17,20-22H2,1-2H3/t24-,25+/m1/s1. The van der Waals surface area contributed by atoms with Crippen molar-refractivity contribution in [1.82, 2.24) is 20.0 Å². The molecule has 0 unspecified atom stereocenters. The fourth-order valence-electron chi connectivity index (χ4n) is 5.41. The molecule has 222 valence electrons. The van der Waals surface area contributed by atoms with Crippen LogP contribution in [0.25, 0.3) is 0 Å². The van der Waals surface area contributed by atoms with Crippen LogP contribution in [0.2, 0.25) is 0 Å². The number of aliphatic hydroxyl groups is 1. The molecule has 40 heavy (non-hydrogen) atoms. The van der Waals surface area contributed by atoms with E-state index in [0.29, 0.717) is 18.9 Å². The molecule has 0 radical (unpaired) electrons. The van der Waals surface area contributed by atoms with Gasteiger partial charge in [0.2, 0.25) is 16.0 Å². The minimum Gasteiger partial charge on any atom is -0.491 e. The zero-order chi connectivity index (χ0) is 28.4. The number of nitrogens with zero attached hydrogens (tertiary/aromatic N) is 3. The smallest absolute Gasteiger partial charge is 0.240 e. The molecule has 2 aromatic rings. The third-order valence-corrected chi connectivity index (χ3v) is 9.31. The molecule has 0 amide bonds. The van der Waals surface area contributed by atoms with Gasteiger partial charge in [-0.1, -0.05) is 38.7 Å². The Bertz CT molecular complexity index is 1160. The number of benzene rings is 1. The Morgan fingerprint density at radius 3 is 2.65 bits per heavy atom. The first-order valence-electron chi connectivity index (χ1n) is 14.6. The molecule has 11 heteroatoms. The molecule has 1 aromatic heterocycles. The van der Waals surface area contributed by atoms with Crippen molar-refractivity contribution in [1.29, 1.82) is 0 Å². The van der Waals surface area contributed by atoms with E-state index >= 15 is 0 Å². The maximum atomic E-state index is 12.0. The quantitative estimate of drug-likeness (QED) is 0.275. The van der Waals surface area contributed by atoms with Gasteiger partial charge in [0.15, 0.2) is 0 Å². The minimum absolute atomic E-state index is 0.0569. The van der Waals surface area contributed by atoms with Crippen LogP contribution in [-0.2, 0) is 21.2 Å². The highest BCUT2D eigenvalue weighted by atomic mass is 32.2. The van der Waals surface area contributed by atoms with Crippen LogP contribution in [0, 0.1) is 0 Å². The number of piperidine rings is 1. The van der Waals surface area contributed by atoms with Crippen molar-refractivity contribution in [2.75, 3.05) is 44.8 Å². The molecule has 3 N–H and O–H groups in total. The summed E-state index contributed by atoms with van der Waals surface area (Å²) in [7, 11) is -2.19. The van der Waals surface area contributed by atoms with Crippen molar-refractivity contribution < 1.29 is 23.0 Å². The van der Waals surface area contributed by atoms with Gasteiger partial charge in [0.05, 0.1) is 17.1 Å². The van der Waals surface area contributed by atoms with Gasteiger partial charge in [0.1, 0.15) is 18.5 Å². The summed E-state index contributed by atoms with van der Waals surface area (Å²) in [5.41, 5.74) is 1.07. The van der Waals surface area contributed by atoms with Crippen molar-refractivity contribution in [2.45, 2.75) is 87.4 Å². The molecule has 4 rings (SSSR count). The average molecular weight is 576 g/mol. The number of anilines is 1. The number of unbranched alkanes of at least 4 members (excludes halogenated alkanes) is 4. The Balaban J connectivity index is 1.15. The fraction of sp³-hybridized carbons (Fsp3) is 0.655. The highest BCUT2D eigenvalue weighted by Gasteiger charge is 2.43. The van der Waals surface area contributed by atoms with Crippen LogP contribution in [0.5, 0.6) is 5.75 Å². The maximum absolute atomic E-state index is 12.0. The number of sulfonamides is 1. The molecule has 0 bridgehead atoms. The Morgan fingerprint density at radius 2 is 1.93 bits per heavy atom. The van der Waals surface area contributed by atoms with E-state index in [-0.39, 0.29) is 23.1 Å². The summed E-state index contributed by atoms with van der Waals surface area (Å²) in [6, 6.07) is 6.39. The van der Waals surface area contributed by atoms with Crippen LogP contribution in [0.3, 0.4) is 0 Å². The van der Waals surface area contributed by atoms with E-state index in [4.69, 9.17) is 9.47 Å². The lowest BCUT2D eigenvalue weighted by atomic mass is 9.87. The Kier molecular flexibility index (Phi) is 11.1. The molecule has 3 heterocycles. The van der Waals surface area contributed by atoms with Gasteiger partial charge in [0.25, 0.3) is 0 Å². The molecule has 1 spiro atoms. The number of aliphatic hydroxyl groups excluding tert-OH is 1. The predicted molar refractivity (Wildman–Crippen MR) is 155 cm³/mol. The van der Waals surface area contributed by atoms with E-state index in [2.05, 4.69) is 31.8 Å². The van der Waals surface area contributed by atoms with Crippen molar-refractivity contribution >= 4 is 16.0 Å². The lowest BCUT2D eigenvalue weighted by Crippen LogP contribution is -2.45. The normalized spacial score (nSPS) is 19.7. The minimum atomic E-state index is -3.55. The van der Waals surface area contributed by atoms with Crippen LogP contribution in [0.4, 0.5) is 5.95 Å². The second-order valence-electron chi connectivity index (χ2n) is 11.0. The molecule has 2 atom stereocenters. The van der Waals surface area contributed by atoms with Crippen molar-refractivity contribution in [3.8, 4) is 5.75 Å². The Morgan fingerprint density at radius 1 is 1.18 bits per heavy atom. The molecular formula is C29H45N5O5S. The van der Waals surface area contributed by atoms with Gasteiger partial charge in [-0.25, -0.2) is 23.1 Å². The van der Waals surface area contributed by atoms with Crippen LogP contribution in [0.15, 0.2) is 41.6 Å². The Labute approximate surface area is 238 Å². The molecule has 2 aliphatic rings. The number of ether oxygens (including phenoxy) is 2. The summed E-state index contributed by atoms with van der Waals surface area (Å²) in [6.07, 6.45) is 13.4.